The zero-order valence-electron chi connectivity index (χ0n) is 10.8. The number of para-hydroxylation sites is 1. The van der Waals surface area contributed by atoms with Crippen LogP contribution in [0.4, 0.5) is 5.69 Å². The van der Waals surface area contributed by atoms with Crippen molar-refractivity contribution < 1.29 is 0 Å². The van der Waals surface area contributed by atoms with Crippen LogP contribution in [0, 0.1) is 0 Å². The van der Waals surface area contributed by atoms with Crippen molar-refractivity contribution in [2.75, 3.05) is 12.3 Å². The predicted molar refractivity (Wildman–Crippen MR) is 79.6 cm³/mol. The van der Waals surface area contributed by atoms with Gasteiger partial charge in [0.25, 0.3) is 0 Å². The minimum absolute atomic E-state index is 0.893. The second kappa shape index (κ2) is 6.57. The summed E-state index contributed by atoms with van der Waals surface area (Å²) in [7, 11) is 0. The van der Waals surface area contributed by atoms with E-state index < -0.39 is 0 Å². The fraction of sp³-hybridized carbons (Fsp3) is 0.333. The smallest absolute Gasteiger partial charge is 0.0359 e. The largest absolute Gasteiger partial charge is 0.398 e. The summed E-state index contributed by atoms with van der Waals surface area (Å²) in [5, 5.41) is 4.35. The van der Waals surface area contributed by atoms with Gasteiger partial charge in [-0.25, -0.2) is 0 Å². The van der Waals surface area contributed by atoms with Crippen molar-refractivity contribution in [3.8, 4) is 0 Å². The van der Waals surface area contributed by atoms with Crippen molar-refractivity contribution in [2.45, 2.75) is 26.4 Å². The molecule has 2 aromatic rings. The molecule has 0 saturated heterocycles. The van der Waals surface area contributed by atoms with Crippen LogP contribution < -0.4 is 5.73 Å². The van der Waals surface area contributed by atoms with Gasteiger partial charge in [-0.1, -0.05) is 25.1 Å². The fourth-order valence-corrected chi connectivity index (χ4v) is 2.75. The van der Waals surface area contributed by atoms with E-state index in [-0.39, 0.29) is 0 Å². The lowest BCUT2D eigenvalue weighted by Gasteiger charge is -2.22. The van der Waals surface area contributed by atoms with E-state index in [1.165, 1.54) is 11.1 Å². The van der Waals surface area contributed by atoms with Gasteiger partial charge in [0.2, 0.25) is 0 Å². The van der Waals surface area contributed by atoms with E-state index in [2.05, 4.69) is 40.8 Å². The van der Waals surface area contributed by atoms with E-state index in [0.717, 1.165) is 31.7 Å². The Morgan fingerprint density at radius 2 is 2.00 bits per heavy atom. The first-order valence-corrected chi connectivity index (χ1v) is 7.30. The van der Waals surface area contributed by atoms with Crippen LogP contribution in [0.1, 0.15) is 24.5 Å². The normalized spacial score (nSPS) is 11.0. The van der Waals surface area contributed by atoms with E-state index >= 15 is 0 Å². The minimum Gasteiger partial charge on any atom is -0.398 e. The molecule has 0 unspecified atom stereocenters. The monoisotopic (exact) mass is 260 g/mol. The summed E-state index contributed by atoms with van der Waals surface area (Å²) < 4.78 is 0. The van der Waals surface area contributed by atoms with Gasteiger partial charge in [-0.3, -0.25) is 4.90 Å². The van der Waals surface area contributed by atoms with Crippen LogP contribution in [0.5, 0.6) is 0 Å². The van der Waals surface area contributed by atoms with Gasteiger partial charge >= 0.3 is 0 Å². The summed E-state index contributed by atoms with van der Waals surface area (Å²) in [6, 6.07) is 10.3. The number of nitrogens with two attached hydrogens (primary N) is 1. The Hall–Kier alpha value is -1.32. The Morgan fingerprint density at radius 1 is 1.17 bits per heavy atom. The molecule has 1 heterocycles. The molecule has 2 rings (SSSR count). The summed E-state index contributed by atoms with van der Waals surface area (Å²) in [6.45, 7) is 5.25. The second-order valence-electron chi connectivity index (χ2n) is 4.54. The zero-order valence-corrected chi connectivity index (χ0v) is 11.6. The molecule has 2 nitrogen and oxygen atoms in total. The Morgan fingerprint density at radius 3 is 2.67 bits per heavy atom. The molecule has 0 atom stereocenters. The summed E-state index contributed by atoms with van der Waals surface area (Å²) >= 11 is 1.76. The molecule has 0 bridgehead atoms. The summed E-state index contributed by atoms with van der Waals surface area (Å²) in [4.78, 5) is 2.45. The topological polar surface area (TPSA) is 29.3 Å². The molecule has 0 aliphatic rings. The third-order valence-electron chi connectivity index (χ3n) is 2.98. The standard InChI is InChI=1S/C15H20N2S/c1-2-8-17(10-13-7-9-18-12-13)11-14-5-3-4-6-15(14)16/h3-7,9,12H,2,8,10-11,16H2,1H3. The van der Waals surface area contributed by atoms with Crippen molar-refractivity contribution in [2.24, 2.45) is 0 Å². The van der Waals surface area contributed by atoms with Crippen LogP contribution in [0.3, 0.4) is 0 Å². The number of anilines is 1. The third kappa shape index (κ3) is 3.59. The number of hydrogen-bond acceptors (Lipinski definition) is 3. The van der Waals surface area contributed by atoms with Crippen molar-refractivity contribution in [3.05, 3.63) is 52.2 Å². The van der Waals surface area contributed by atoms with Gasteiger partial charge in [0.05, 0.1) is 0 Å². The number of nitrogens with zero attached hydrogens (tertiary/aromatic N) is 1. The molecule has 0 fully saturated rings. The highest BCUT2D eigenvalue weighted by molar-refractivity contribution is 7.07. The van der Waals surface area contributed by atoms with E-state index in [4.69, 9.17) is 5.73 Å². The average molecular weight is 260 g/mol. The van der Waals surface area contributed by atoms with Crippen LogP contribution in [-0.4, -0.2) is 11.4 Å². The maximum atomic E-state index is 6.01. The lowest BCUT2D eigenvalue weighted by molar-refractivity contribution is 0.258. The Balaban J connectivity index is 2.04. The number of benzene rings is 1. The van der Waals surface area contributed by atoms with Gasteiger partial charge in [-0.15, -0.1) is 0 Å². The number of nitrogen functional groups attached to an aromatic ring is 1. The summed E-state index contributed by atoms with van der Waals surface area (Å²) in [5.41, 5.74) is 9.52. The van der Waals surface area contributed by atoms with Gasteiger partial charge in [-0.2, -0.15) is 11.3 Å². The van der Waals surface area contributed by atoms with E-state index in [0.29, 0.717) is 0 Å². The molecule has 1 aromatic heterocycles. The maximum Gasteiger partial charge on any atom is 0.0359 e. The van der Waals surface area contributed by atoms with E-state index in [9.17, 15) is 0 Å². The van der Waals surface area contributed by atoms with E-state index in [1.54, 1.807) is 11.3 Å². The molecular formula is C15H20N2S. The molecule has 2 N–H and O–H groups in total. The molecule has 1 aromatic carbocycles. The Labute approximate surface area is 113 Å². The molecule has 0 saturated carbocycles. The van der Waals surface area contributed by atoms with Crippen LogP contribution in [0.15, 0.2) is 41.1 Å². The quantitative estimate of drug-likeness (QED) is 0.802. The summed E-state index contributed by atoms with van der Waals surface area (Å²) in [6.07, 6.45) is 1.16. The van der Waals surface area contributed by atoms with Crippen molar-refractivity contribution >= 4 is 17.0 Å². The van der Waals surface area contributed by atoms with Gasteiger partial charge in [-0.05, 0) is 47.0 Å². The highest BCUT2D eigenvalue weighted by Crippen LogP contribution is 2.16. The van der Waals surface area contributed by atoms with Crippen molar-refractivity contribution in [1.29, 1.82) is 0 Å². The molecular weight excluding hydrogens is 240 g/mol. The van der Waals surface area contributed by atoms with E-state index in [1.807, 2.05) is 12.1 Å². The maximum absolute atomic E-state index is 6.01. The number of rotatable bonds is 6. The first-order chi connectivity index (χ1) is 8.79. The molecule has 0 amide bonds. The fourth-order valence-electron chi connectivity index (χ4n) is 2.09. The molecule has 0 spiro atoms. The highest BCUT2D eigenvalue weighted by Gasteiger charge is 2.08. The molecule has 3 heteroatoms. The summed E-state index contributed by atoms with van der Waals surface area (Å²) in [5.74, 6) is 0. The molecule has 0 radical (unpaired) electrons. The predicted octanol–water partition coefficient (Wildman–Crippen LogP) is 3.74. The van der Waals surface area contributed by atoms with Crippen LogP contribution in [0.2, 0.25) is 0 Å². The van der Waals surface area contributed by atoms with Crippen LogP contribution in [-0.2, 0) is 13.1 Å². The SMILES string of the molecule is CCCN(Cc1ccsc1)Cc1ccccc1N. The third-order valence-corrected chi connectivity index (χ3v) is 3.71. The molecule has 18 heavy (non-hydrogen) atoms. The van der Waals surface area contributed by atoms with Crippen molar-refractivity contribution in [1.82, 2.24) is 4.90 Å². The first kappa shape index (κ1) is 13.1. The van der Waals surface area contributed by atoms with Gasteiger partial charge < -0.3 is 5.73 Å². The van der Waals surface area contributed by atoms with Crippen LogP contribution >= 0.6 is 11.3 Å². The zero-order chi connectivity index (χ0) is 12.8. The minimum atomic E-state index is 0.893. The number of hydrogen-bond donors (Lipinski definition) is 1. The second-order valence-corrected chi connectivity index (χ2v) is 5.32. The highest BCUT2D eigenvalue weighted by atomic mass is 32.1. The molecule has 96 valence electrons. The van der Waals surface area contributed by atoms with Gasteiger partial charge in [0, 0.05) is 18.8 Å². The van der Waals surface area contributed by atoms with Gasteiger partial charge in [0.1, 0.15) is 0 Å². The average Bonchev–Trinajstić information content (AvgIpc) is 2.85. The Bertz CT molecular complexity index is 465. The molecule has 0 aliphatic carbocycles. The Kier molecular flexibility index (Phi) is 4.79. The molecule has 0 aliphatic heterocycles. The number of thiophene rings is 1. The van der Waals surface area contributed by atoms with Crippen molar-refractivity contribution in [3.63, 3.8) is 0 Å². The van der Waals surface area contributed by atoms with Gasteiger partial charge in [0.15, 0.2) is 0 Å². The lowest BCUT2D eigenvalue weighted by Crippen LogP contribution is -2.23. The lowest BCUT2D eigenvalue weighted by atomic mass is 10.1. The van der Waals surface area contributed by atoms with Crippen LogP contribution in [0.25, 0.3) is 0 Å². The first-order valence-electron chi connectivity index (χ1n) is 6.36.